The van der Waals surface area contributed by atoms with E-state index in [0.717, 1.165) is 41.2 Å². The molecular weight excluding hydrogens is 302 g/mol. The topological polar surface area (TPSA) is 37.8 Å². The fourth-order valence-corrected chi connectivity index (χ4v) is 2.33. The molecule has 1 N–H and O–H groups in total. The lowest BCUT2D eigenvalue weighted by molar-refractivity contribution is 0.917. The lowest BCUT2D eigenvalue weighted by Crippen LogP contribution is -2.06. The number of nitrogens with one attached hydrogen (secondary N) is 1. The van der Waals surface area contributed by atoms with Crippen LogP contribution in [0.1, 0.15) is 30.4 Å². The third-order valence-corrected chi connectivity index (χ3v) is 3.20. The first-order chi connectivity index (χ1) is 9.17. The van der Waals surface area contributed by atoms with E-state index in [1.54, 1.807) is 0 Å². The van der Waals surface area contributed by atoms with E-state index in [4.69, 9.17) is 0 Å². The van der Waals surface area contributed by atoms with Gasteiger partial charge in [-0.05, 0) is 31.0 Å². The molecule has 1 heterocycles. The summed E-state index contributed by atoms with van der Waals surface area (Å²) in [7, 11) is 0. The monoisotopic (exact) mass is 319 g/mol. The van der Waals surface area contributed by atoms with E-state index >= 15 is 0 Å². The second-order valence-corrected chi connectivity index (χ2v) is 5.46. The van der Waals surface area contributed by atoms with Crippen molar-refractivity contribution in [2.24, 2.45) is 0 Å². The number of halogens is 1. The first kappa shape index (κ1) is 14.0. The van der Waals surface area contributed by atoms with Gasteiger partial charge in [0.1, 0.15) is 11.6 Å². The van der Waals surface area contributed by atoms with Crippen LogP contribution in [-0.4, -0.2) is 16.5 Å². The zero-order chi connectivity index (χ0) is 13.7. The lowest BCUT2D eigenvalue weighted by Gasteiger charge is -2.08. The molecule has 100 valence electrons. The van der Waals surface area contributed by atoms with Crippen LogP contribution in [0.25, 0.3) is 0 Å². The molecule has 0 spiro atoms. The summed E-state index contributed by atoms with van der Waals surface area (Å²) in [5, 5.41) is 3.31. The molecule has 2 rings (SSSR count). The summed E-state index contributed by atoms with van der Waals surface area (Å²) < 4.78 is 1.09. The van der Waals surface area contributed by atoms with Crippen molar-refractivity contribution >= 4 is 21.7 Å². The standard InChI is InChI=1S/C15H18BrN3/c1-3-7-17-14-8-11(2)18-15(19-14)10-12-5-4-6-13(16)9-12/h4-6,8-9H,3,7,10H2,1-2H3,(H,17,18,19). The van der Waals surface area contributed by atoms with Gasteiger partial charge in [0.05, 0.1) is 0 Å². The SMILES string of the molecule is CCCNc1cc(C)nc(Cc2cccc(Br)c2)n1. The first-order valence-corrected chi connectivity index (χ1v) is 7.29. The molecule has 0 amide bonds. The predicted octanol–water partition coefficient (Wildman–Crippen LogP) is 3.96. The molecule has 0 radical (unpaired) electrons. The van der Waals surface area contributed by atoms with Crippen molar-refractivity contribution in [2.75, 3.05) is 11.9 Å². The molecule has 0 aliphatic rings. The first-order valence-electron chi connectivity index (χ1n) is 6.50. The Hall–Kier alpha value is -1.42. The number of hydrogen-bond acceptors (Lipinski definition) is 3. The molecule has 0 aliphatic carbocycles. The van der Waals surface area contributed by atoms with Gasteiger partial charge in [0.25, 0.3) is 0 Å². The zero-order valence-corrected chi connectivity index (χ0v) is 12.9. The van der Waals surface area contributed by atoms with Gasteiger partial charge in [0, 0.05) is 29.2 Å². The maximum atomic E-state index is 4.56. The predicted molar refractivity (Wildman–Crippen MR) is 82.5 cm³/mol. The third-order valence-electron chi connectivity index (χ3n) is 2.71. The van der Waals surface area contributed by atoms with E-state index < -0.39 is 0 Å². The summed E-state index contributed by atoms with van der Waals surface area (Å²) >= 11 is 3.49. The van der Waals surface area contributed by atoms with Gasteiger partial charge in [-0.25, -0.2) is 9.97 Å². The quantitative estimate of drug-likeness (QED) is 0.906. The fraction of sp³-hybridized carbons (Fsp3) is 0.333. The van der Waals surface area contributed by atoms with Crippen LogP contribution in [0.15, 0.2) is 34.8 Å². The highest BCUT2D eigenvalue weighted by Crippen LogP contribution is 2.15. The smallest absolute Gasteiger partial charge is 0.135 e. The fourth-order valence-electron chi connectivity index (χ4n) is 1.88. The highest BCUT2D eigenvalue weighted by atomic mass is 79.9. The van der Waals surface area contributed by atoms with Crippen molar-refractivity contribution in [3.8, 4) is 0 Å². The Morgan fingerprint density at radius 3 is 2.79 bits per heavy atom. The maximum absolute atomic E-state index is 4.56. The maximum Gasteiger partial charge on any atom is 0.135 e. The molecule has 0 atom stereocenters. The zero-order valence-electron chi connectivity index (χ0n) is 11.3. The molecule has 0 unspecified atom stereocenters. The molecule has 0 bridgehead atoms. The number of anilines is 1. The molecule has 3 nitrogen and oxygen atoms in total. The van der Waals surface area contributed by atoms with Crippen molar-refractivity contribution < 1.29 is 0 Å². The van der Waals surface area contributed by atoms with Crippen LogP contribution >= 0.6 is 15.9 Å². The van der Waals surface area contributed by atoms with Gasteiger partial charge in [-0.1, -0.05) is 35.0 Å². The highest BCUT2D eigenvalue weighted by Gasteiger charge is 2.04. The van der Waals surface area contributed by atoms with Crippen molar-refractivity contribution in [1.29, 1.82) is 0 Å². The van der Waals surface area contributed by atoms with Crippen LogP contribution in [-0.2, 0) is 6.42 Å². The average Bonchev–Trinajstić information content (AvgIpc) is 2.35. The van der Waals surface area contributed by atoms with E-state index in [0.29, 0.717) is 0 Å². The van der Waals surface area contributed by atoms with Gasteiger partial charge in [-0.3, -0.25) is 0 Å². The molecule has 19 heavy (non-hydrogen) atoms. The molecule has 0 saturated heterocycles. The molecule has 1 aromatic carbocycles. The van der Waals surface area contributed by atoms with Gasteiger partial charge in [-0.2, -0.15) is 0 Å². The third kappa shape index (κ3) is 4.31. The Kier molecular flexibility index (Phi) is 4.91. The molecule has 1 aromatic heterocycles. The highest BCUT2D eigenvalue weighted by molar-refractivity contribution is 9.10. The molecule has 4 heteroatoms. The number of nitrogens with zero attached hydrogens (tertiary/aromatic N) is 2. The average molecular weight is 320 g/mol. The minimum absolute atomic E-state index is 0.752. The van der Waals surface area contributed by atoms with Gasteiger partial charge in [0.2, 0.25) is 0 Å². The number of benzene rings is 1. The Labute approximate surface area is 122 Å². The van der Waals surface area contributed by atoms with Crippen LogP contribution in [0, 0.1) is 6.92 Å². The van der Waals surface area contributed by atoms with E-state index in [2.05, 4.69) is 50.3 Å². The number of rotatable bonds is 5. The summed E-state index contributed by atoms with van der Waals surface area (Å²) in [6.07, 6.45) is 1.84. The largest absolute Gasteiger partial charge is 0.370 e. The Bertz CT molecular complexity index is 555. The van der Waals surface area contributed by atoms with Gasteiger partial charge in [-0.15, -0.1) is 0 Å². The summed E-state index contributed by atoms with van der Waals surface area (Å²) in [6.45, 7) is 5.08. The summed E-state index contributed by atoms with van der Waals surface area (Å²) in [5.41, 5.74) is 2.21. The van der Waals surface area contributed by atoms with Crippen molar-refractivity contribution in [3.63, 3.8) is 0 Å². The van der Waals surface area contributed by atoms with Crippen LogP contribution in [0.3, 0.4) is 0 Å². The van der Waals surface area contributed by atoms with Crippen molar-refractivity contribution in [2.45, 2.75) is 26.7 Å². The molecule has 0 saturated carbocycles. The summed E-state index contributed by atoms with van der Waals surface area (Å²) in [6, 6.07) is 10.2. The van der Waals surface area contributed by atoms with Gasteiger partial charge >= 0.3 is 0 Å². The molecular formula is C15H18BrN3. The Morgan fingerprint density at radius 2 is 2.05 bits per heavy atom. The van der Waals surface area contributed by atoms with Crippen LogP contribution in [0.5, 0.6) is 0 Å². The van der Waals surface area contributed by atoms with E-state index in [9.17, 15) is 0 Å². The second-order valence-electron chi connectivity index (χ2n) is 4.54. The van der Waals surface area contributed by atoms with Crippen LogP contribution in [0.2, 0.25) is 0 Å². The molecule has 2 aromatic rings. The lowest BCUT2D eigenvalue weighted by atomic mass is 10.1. The Morgan fingerprint density at radius 1 is 1.21 bits per heavy atom. The minimum atomic E-state index is 0.752. The van der Waals surface area contributed by atoms with Crippen LogP contribution in [0.4, 0.5) is 5.82 Å². The number of aromatic nitrogens is 2. The normalized spacial score (nSPS) is 10.5. The van der Waals surface area contributed by atoms with Crippen LogP contribution < -0.4 is 5.32 Å². The van der Waals surface area contributed by atoms with Crippen molar-refractivity contribution in [3.05, 3.63) is 51.9 Å². The van der Waals surface area contributed by atoms with E-state index in [1.807, 2.05) is 25.1 Å². The van der Waals surface area contributed by atoms with E-state index in [1.165, 1.54) is 5.56 Å². The summed E-state index contributed by atoms with van der Waals surface area (Å²) in [4.78, 5) is 9.06. The van der Waals surface area contributed by atoms with Gasteiger partial charge < -0.3 is 5.32 Å². The van der Waals surface area contributed by atoms with Gasteiger partial charge in [0.15, 0.2) is 0 Å². The summed E-state index contributed by atoms with van der Waals surface area (Å²) in [5.74, 6) is 1.77. The van der Waals surface area contributed by atoms with E-state index in [-0.39, 0.29) is 0 Å². The minimum Gasteiger partial charge on any atom is -0.370 e. The number of aryl methyl sites for hydroxylation is 1. The molecule has 0 fully saturated rings. The Balaban J connectivity index is 2.17. The second kappa shape index (κ2) is 6.66. The number of hydrogen-bond donors (Lipinski definition) is 1. The molecule has 0 aliphatic heterocycles. The van der Waals surface area contributed by atoms with Crippen molar-refractivity contribution in [1.82, 2.24) is 9.97 Å².